The lowest BCUT2D eigenvalue weighted by atomic mass is 10.1. The number of benzene rings is 2. The van der Waals surface area contributed by atoms with Gasteiger partial charge in [0.25, 0.3) is 5.91 Å². The average Bonchev–Trinajstić information content (AvgIpc) is 3.22. The van der Waals surface area contributed by atoms with Crippen LogP contribution in [-0.4, -0.2) is 55.4 Å². The lowest BCUT2D eigenvalue weighted by Gasteiger charge is -2.21. The molecule has 1 atom stereocenters. The summed E-state index contributed by atoms with van der Waals surface area (Å²) in [4.78, 5) is 27.5. The van der Waals surface area contributed by atoms with Crippen molar-refractivity contribution in [2.75, 3.05) is 33.8 Å². The number of rotatable bonds is 5. The number of ether oxygens (including phenoxy) is 1. The Morgan fingerprint density at radius 3 is 2.21 bits per heavy atom. The van der Waals surface area contributed by atoms with Crippen LogP contribution in [0, 0.1) is 5.92 Å². The van der Waals surface area contributed by atoms with Crippen LogP contribution in [0.15, 0.2) is 73.3 Å². The molecule has 3 rings (SSSR count). The maximum atomic E-state index is 12.4. The third-order valence-electron chi connectivity index (χ3n) is 4.65. The second-order valence-corrected chi connectivity index (χ2v) is 6.71. The summed E-state index contributed by atoms with van der Waals surface area (Å²) in [5.74, 6) is 0.993. The van der Waals surface area contributed by atoms with Crippen LogP contribution in [0.1, 0.15) is 16.8 Å². The van der Waals surface area contributed by atoms with Gasteiger partial charge in [0.2, 0.25) is 5.91 Å². The van der Waals surface area contributed by atoms with E-state index < -0.39 is 0 Å². The van der Waals surface area contributed by atoms with Gasteiger partial charge in [0.15, 0.2) is 0 Å². The molecule has 5 nitrogen and oxygen atoms in total. The SMILES string of the molecule is C=CC(=O)N1CCC(CN(C)C(=O)c2ccc(OC)cc2)C1.c1ccccc1. The molecule has 0 saturated carbocycles. The lowest BCUT2D eigenvalue weighted by Crippen LogP contribution is -2.34. The van der Waals surface area contributed by atoms with Gasteiger partial charge in [0, 0.05) is 32.2 Å². The Balaban J connectivity index is 0.000000397. The van der Waals surface area contributed by atoms with Gasteiger partial charge < -0.3 is 14.5 Å². The molecule has 0 radical (unpaired) electrons. The fraction of sp³-hybridized carbons (Fsp3) is 0.304. The van der Waals surface area contributed by atoms with Crippen LogP contribution in [-0.2, 0) is 4.79 Å². The van der Waals surface area contributed by atoms with Crippen molar-refractivity contribution in [1.29, 1.82) is 0 Å². The molecule has 0 aliphatic carbocycles. The summed E-state index contributed by atoms with van der Waals surface area (Å²) in [7, 11) is 3.39. The van der Waals surface area contributed by atoms with Crippen molar-refractivity contribution in [2.24, 2.45) is 5.92 Å². The molecule has 2 amide bonds. The number of carbonyl (C=O) groups excluding carboxylic acids is 2. The zero-order valence-corrected chi connectivity index (χ0v) is 16.6. The van der Waals surface area contributed by atoms with Crippen molar-refractivity contribution >= 4 is 11.8 Å². The maximum absolute atomic E-state index is 12.4. The molecule has 2 aromatic carbocycles. The minimum absolute atomic E-state index is 0.0175. The van der Waals surface area contributed by atoms with E-state index in [2.05, 4.69) is 6.58 Å². The van der Waals surface area contributed by atoms with E-state index in [4.69, 9.17) is 4.74 Å². The quantitative estimate of drug-likeness (QED) is 0.746. The summed E-state index contributed by atoms with van der Waals surface area (Å²) in [5, 5.41) is 0. The molecule has 0 aromatic heterocycles. The van der Waals surface area contributed by atoms with Crippen molar-refractivity contribution in [3.8, 4) is 5.75 Å². The third kappa shape index (κ3) is 6.27. The standard InChI is InChI=1S/C17H22N2O3.C6H6/c1-4-16(20)19-10-9-13(12-19)11-18(2)17(21)14-5-7-15(22-3)8-6-14;1-2-4-6-5-3-1/h4-8,13H,1,9-12H2,2-3H3;1-6H. The third-order valence-corrected chi connectivity index (χ3v) is 4.65. The molecule has 2 aromatic rings. The summed E-state index contributed by atoms with van der Waals surface area (Å²) >= 11 is 0. The summed E-state index contributed by atoms with van der Waals surface area (Å²) in [6.07, 6.45) is 2.26. The maximum Gasteiger partial charge on any atom is 0.253 e. The summed E-state index contributed by atoms with van der Waals surface area (Å²) < 4.78 is 5.09. The topological polar surface area (TPSA) is 49.9 Å². The van der Waals surface area contributed by atoms with Crippen molar-refractivity contribution in [1.82, 2.24) is 9.80 Å². The van der Waals surface area contributed by atoms with Crippen LogP contribution in [0.3, 0.4) is 0 Å². The summed E-state index contributed by atoms with van der Waals surface area (Å²) in [5.41, 5.74) is 0.639. The van der Waals surface area contributed by atoms with Crippen LogP contribution >= 0.6 is 0 Å². The molecule has 0 bridgehead atoms. The Bertz CT molecular complexity index is 732. The average molecular weight is 380 g/mol. The van der Waals surface area contributed by atoms with Gasteiger partial charge in [-0.05, 0) is 42.7 Å². The molecule has 1 heterocycles. The zero-order chi connectivity index (χ0) is 20.4. The molecule has 5 heteroatoms. The monoisotopic (exact) mass is 380 g/mol. The number of amides is 2. The molecule has 148 valence electrons. The van der Waals surface area contributed by atoms with Crippen molar-refractivity contribution in [3.63, 3.8) is 0 Å². The van der Waals surface area contributed by atoms with Crippen molar-refractivity contribution in [2.45, 2.75) is 6.42 Å². The van der Waals surface area contributed by atoms with E-state index in [9.17, 15) is 9.59 Å². The van der Waals surface area contributed by atoms with Crippen LogP contribution in [0.25, 0.3) is 0 Å². The minimum Gasteiger partial charge on any atom is -0.497 e. The molecular formula is C23H28N2O3. The van der Waals surface area contributed by atoms with E-state index in [1.165, 1.54) is 6.08 Å². The number of likely N-dealkylation sites (tertiary alicyclic amines) is 1. The highest BCUT2D eigenvalue weighted by Gasteiger charge is 2.27. The first-order chi connectivity index (χ1) is 13.5. The summed E-state index contributed by atoms with van der Waals surface area (Å²) in [6.45, 7) is 5.57. The van der Waals surface area contributed by atoms with Gasteiger partial charge in [-0.1, -0.05) is 43.0 Å². The first-order valence-corrected chi connectivity index (χ1v) is 9.36. The Hall–Kier alpha value is -3.08. The van der Waals surface area contributed by atoms with Gasteiger partial charge in [-0.3, -0.25) is 9.59 Å². The fourth-order valence-corrected chi connectivity index (χ4v) is 3.12. The lowest BCUT2D eigenvalue weighted by molar-refractivity contribution is -0.125. The van der Waals surface area contributed by atoms with Gasteiger partial charge in [-0.25, -0.2) is 0 Å². The Labute approximate surface area is 167 Å². The minimum atomic E-state index is -0.0355. The van der Waals surface area contributed by atoms with Gasteiger partial charge >= 0.3 is 0 Å². The Kier molecular flexibility index (Phi) is 8.28. The van der Waals surface area contributed by atoms with E-state index in [0.717, 1.165) is 18.7 Å². The number of carbonyl (C=O) groups is 2. The summed E-state index contributed by atoms with van der Waals surface area (Å²) in [6, 6.07) is 19.1. The van der Waals surface area contributed by atoms with Crippen LogP contribution in [0.5, 0.6) is 5.75 Å². The van der Waals surface area contributed by atoms with Gasteiger partial charge in [-0.15, -0.1) is 0 Å². The molecule has 28 heavy (non-hydrogen) atoms. The first kappa shape index (κ1) is 21.2. The highest BCUT2D eigenvalue weighted by molar-refractivity contribution is 5.94. The van der Waals surface area contributed by atoms with Crippen molar-refractivity contribution < 1.29 is 14.3 Å². The van der Waals surface area contributed by atoms with Gasteiger partial charge in [-0.2, -0.15) is 0 Å². The van der Waals surface area contributed by atoms with Gasteiger partial charge in [0.1, 0.15) is 5.75 Å². The fourth-order valence-electron chi connectivity index (χ4n) is 3.12. The number of hydrogen-bond acceptors (Lipinski definition) is 3. The smallest absolute Gasteiger partial charge is 0.253 e. The molecule has 1 unspecified atom stereocenters. The number of hydrogen-bond donors (Lipinski definition) is 0. The molecular weight excluding hydrogens is 352 g/mol. The molecule has 1 aliphatic rings. The van der Waals surface area contributed by atoms with E-state index in [1.54, 1.807) is 48.2 Å². The second-order valence-electron chi connectivity index (χ2n) is 6.71. The van der Waals surface area contributed by atoms with Crippen LogP contribution in [0.4, 0.5) is 0 Å². The van der Waals surface area contributed by atoms with Crippen LogP contribution < -0.4 is 4.74 Å². The molecule has 1 aliphatic heterocycles. The highest BCUT2D eigenvalue weighted by Crippen LogP contribution is 2.19. The Morgan fingerprint density at radius 1 is 1.14 bits per heavy atom. The zero-order valence-electron chi connectivity index (χ0n) is 16.6. The normalized spacial score (nSPS) is 15.2. The van der Waals surface area contributed by atoms with Crippen molar-refractivity contribution in [3.05, 3.63) is 78.9 Å². The largest absolute Gasteiger partial charge is 0.497 e. The highest BCUT2D eigenvalue weighted by atomic mass is 16.5. The molecule has 1 fully saturated rings. The second kappa shape index (κ2) is 10.9. The molecule has 0 N–H and O–H groups in total. The molecule has 1 saturated heterocycles. The Morgan fingerprint density at radius 2 is 1.71 bits per heavy atom. The number of methoxy groups -OCH3 is 1. The predicted octanol–water partition coefficient (Wildman–Crippen LogP) is 3.49. The van der Waals surface area contributed by atoms with E-state index >= 15 is 0 Å². The molecule has 0 spiro atoms. The van der Waals surface area contributed by atoms with Crippen LogP contribution in [0.2, 0.25) is 0 Å². The predicted molar refractivity (Wildman–Crippen MR) is 111 cm³/mol. The number of nitrogens with zero attached hydrogens (tertiary/aromatic N) is 2. The van der Waals surface area contributed by atoms with E-state index in [1.807, 2.05) is 36.4 Å². The van der Waals surface area contributed by atoms with Gasteiger partial charge in [0.05, 0.1) is 7.11 Å². The van der Waals surface area contributed by atoms with E-state index in [-0.39, 0.29) is 11.8 Å². The van der Waals surface area contributed by atoms with E-state index in [0.29, 0.717) is 24.6 Å². The first-order valence-electron chi connectivity index (χ1n) is 9.36.